The molecule has 0 radical (unpaired) electrons. The molecule has 0 aliphatic carbocycles. The van der Waals surface area contributed by atoms with Crippen LogP contribution in [-0.4, -0.2) is 78.0 Å². The maximum Gasteiger partial charge on any atom is 0.326 e. The Balaban J connectivity index is 1.60. The molecule has 3 atom stereocenters. The molecule has 3 aromatic carbocycles. The van der Waals surface area contributed by atoms with E-state index in [1.807, 2.05) is 85.2 Å². The summed E-state index contributed by atoms with van der Waals surface area (Å²) in [5, 5.41) is 1.23. The average Bonchev–Trinajstić information content (AvgIpc) is 3.46. The first-order chi connectivity index (χ1) is 23.0. The quantitative estimate of drug-likeness (QED) is 0.211. The van der Waals surface area contributed by atoms with E-state index in [-0.39, 0.29) is 23.5 Å². The molecule has 0 saturated carbocycles. The molecule has 0 bridgehead atoms. The van der Waals surface area contributed by atoms with Crippen LogP contribution in [0.15, 0.2) is 71.7 Å². The first kappa shape index (κ1) is 35.7. The zero-order valence-corrected chi connectivity index (χ0v) is 30.2. The summed E-state index contributed by atoms with van der Waals surface area (Å²) in [4.78, 5) is 38.7. The standard InChI is InChI=1S/C38H46Cl2N4O4/c1-7-31(36(45)48-9-3)42-20-22-43(23-21-42)37(46)44-34(26-12-17-29(40)18-13-26)33(25-10-15-28(39)16-11-25)41-35(44)30-19-14-27(38(4,5)6)24-32(30)47-8-2/h10-19,24,31,33-34H,7-9,20-23H2,1-6H3. The number of rotatable bonds is 9. The molecule has 1 saturated heterocycles. The molecule has 2 amide bonds. The van der Waals surface area contributed by atoms with Gasteiger partial charge in [-0.2, -0.15) is 0 Å². The van der Waals surface area contributed by atoms with Crippen LogP contribution in [-0.2, 0) is 14.9 Å². The number of ether oxygens (including phenoxy) is 2. The first-order valence-corrected chi connectivity index (χ1v) is 17.6. The summed E-state index contributed by atoms with van der Waals surface area (Å²) in [5.41, 5.74) is 3.61. The molecule has 256 valence electrons. The van der Waals surface area contributed by atoms with Crippen molar-refractivity contribution in [2.75, 3.05) is 39.4 Å². The van der Waals surface area contributed by atoms with Gasteiger partial charge in [0.25, 0.3) is 0 Å². The Kier molecular flexibility index (Phi) is 11.4. The Morgan fingerprint density at radius 3 is 2.00 bits per heavy atom. The van der Waals surface area contributed by atoms with E-state index < -0.39 is 12.1 Å². The van der Waals surface area contributed by atoms with Crippen LogP contribution >= 0.6 is 23.2 Å². The molecule has 2 aliphatic rings. The van der Waals surface area contributed by atoms with Gasteiger partial charge in [-0.25, -0.2) is 4.79 Å². The molecule has 2 aliphatic heterocycles. The largest absolute Gasteiger partial charge is 0.493 e. The summed E-state index contributed by atoms with van der Waals surface area (Å²) in [5.74, 6) is 1.01. The smallest absolute Gasteiger partial charge is 0.326 e. The summed E-state index contributed by atoms with van der Waals surface area (Å²) in [6.45, 7) is 15.1. The molecule has 8 nitrogen and oxygen atoms in total. The average molecular weight is 694 g/mol. The van der Waals surface area contributed by atoms with Crippen molar-refractivity contribution in [2.45, 2.75) is 71.5 Å². The highest BCUT2D eigenvalue weighted by molar-refractivity contribution is 6.30. The van der Waals surface area contributed by atoms with Crippen LogP contribution in [0.5, 0.6) is 5.75 Å². The van der Waals surface area contributed by atoms with Crippen LogP contribution in [0, 0.1) is 0 Å². The number of aliphatic imine (C=N–C) groups is 1. The third-order valence-electron chi connectivity index (χ3n) is 9.06. The lowest BCUT2D eigenvalue weighted by molar-refractivity contribution is -0.150. The number of carbonyl (C=O) groups is 2. The Hall–Kier alpha value is -3.59. The minimum absolute atomic E-state index is 0.103. The van der Waals surface area contributed by atoms with E-state index in [9.17, 15) is 9.59 Å². The summed E-state index contributed by atoms with van der Waals surface area (Å²) >= 11 is 12.7. The van der Waals surface area contributed by atoms with Gasteiger partial charge in [-0.3, -0.25) is 19.6 Å². The molecule has 1 fully saturated rings. The van der Waals surface area contributed by atoms with Gasteiger partial charge in [0.1, 0.15) is 23.7 Å². The predicted molar refractivity (Wildman–Crippen MR) is 192 cm³/mol. The molecular formula is C38H46Cl2N4O4. The molecule has 0 N–H and O–H groups in total. The van der Waals surface area contributed by atoms with Crippen molar-refractivity contribution in [1.82, 2.24) is 14.7 Å². The number of amides is 2. The maximum atomic E-state index is 14.9. The van der Waals surface area contributed by atoms with E-state index in [1.54, 1.807) is 0 Å². The molecular weight excluding hydrogens is 647 g/mol. The monoisotopic (exact) mass is 692 g/mol. The van der Waals surface area contributed by atoms with Gasteiger partial charge in [-0.15, -0.1) is 0 Å². The van der Waals surface area contributed by atoms with Crippen LogP contribution in [0.2, 0.25) is 10.0 Å². The Labute approximate surface area is 294 Å². The second kappa shape index (κ2) is 15.3. The highest BCUT2D eigenvalue weighted by atomic mass is 35.5. The number of halogens is 2. The third kappa shape index (κ3) is 7.66. The lowest BCUT2D eigenvalue weighted by Crippen LogP contribution is -2.57. The number of piperazine rings is 1. The fourth-order valence-corrected chi connectivity index (χ4v) is 6.74. The van der Waals surface area contributed by atoms with Crippen molar-refractivity contribution in [1.29, 1.82) is 0 Å². The summed E-state index contributed by atoms with van der Waals surface area (Å²) < 4.78 is 11.6. The van der Waals surface area contributed by atoms with E-state index in [2.05, 4.69) is 37.8 Å². The van der Waals surface area contributed by atoms with Gasteiger partial charge in [-0.1, -0.05) is 81.2 Å². The molecule has 5 rings (SSSR count). The number of hydrogen-bond donors (Lipinski definition) is 0. The van der Waals surface area contributed by atoms with Crippen molar-refractivity contribution < 1.29 is 19.1 Å². The fraction of sp³-hybridized carbons (Fsp3) is 0.447. The van der Waals surface area contributed by atoms with Crippen LogP contribution in [0.4, 0.5) is 4.79 Å². The number of esters is 1. The van der Waals surface area contributed by atoms with Gasteiger partial charge >= 0.3 is 12.0 Å². The van der Waals surface area contributed by atoms with Crippen molar-refractivity contribution in [2.24, 2.45) is 4.99 Å². The number of hydrogen-bond acceptors (Lipinski definition) is 6. The van der Waals surface area contributed by atoms with Crippen LogP contribution in [0.1, 0.15) is 82.3 Å². The minimum atomic E-state index is -0.469. The van der Waals surface area contributed by atoms with E-state index in [4.69, 9.17) is 37.7 Å². The van der Waals surface area contributed by atoms with Crippen molar-refractivity contribution >= 4 is 41.0 Å². The topological polar surface area (TPSA) is 74.7 Å². The number of amidine groups is 1. The third-order valence-corrected chi connectivity index (χ3v) is 9.56. The van der Waals surface area contributed by atoms with Crippen molar-refractivity contribution in [3.63, 3.8) is 0 Å². The molecule has 3 unspecified atom stereocenters. The fourth-order valence-electron chi connectivity index (χ4n) is 6.49. The first-order valence-electron chi connectivity index (χ1n) is 16.8. The highest BCUT2D eigenvalue weighted by Gasteiger charge is 2.45. The number of benzene rings is 3. The maximum absolute atomic E-state index is 14.9. The lowest BCUT2D eigenvalue weighted by atomic mass is 9.86. The Morgan fingerprint density at radius 2 is 1.46 bits per heavy atom. The summed E-state index contributed by atoms with van der Waals surface area (Å²) in [6.07, 6.45) is 0.641. The zero-order valence-electron chi connectivity index (χ0n) is 28.7. The molecule has 0 aromatic heterocycles. The van der Waals surface area contributed by atoms with Gasteiger partial charge in [-0.05, 0) is 78.8 Å². The number of urea groups is 1. The van der Waals surface area contributed by atoms with E-state index in [0.717, 1.165) is 22.3 Å². The van der Waals surface area contributed by atoms with Crippen molar-refractivity contribution in [3.8, 4) is 5.75 Å². The van der Waals surface area contributed by atoms with Crippen LogP contribution in [0.3, 0.4) is 0 Å². The van der Waals surface area contributed by atoms with Crippen LogP contribution < -0.4 is 4.74 Å². The normalized spacial score (nSPS) is 19.2. The van der Waals surface area contributed by atoms with Gasteiger partial charge in [0.15, 0.2) is 0 Å². The molecule has 3 aromatic rings. The van der Waals surface area contributed by atoms with E-state index >= 15 is 0 Å². The van der Waals surface area contributed by atoms with Gasteiger partial charge in [0, 0.05) is 36.2 Å². The number of nitrogens with zero attached hydrogens (tertiary/aromatic N) is 4. The number of carbonyl (C=O) groups excluding carboxylic acids is 2. The summed E-state index contributed by atoms with van der Waals surface area (Å²) in [7, 11) is 0. The SMILES string of the molecule is CCOC(=O)C(CC)N1CCN(C(=O)N2C(c3ccc(C(C)(C)C)cc3OCC)=NC(c3ccc(Cl)cc3)C2c2ccc(Cl)cc2)CC1. The van der Waals surface area contributed by atoms with Gasteiger partial charge in [0.2, 0.25) is 0 Å². The highest BCUT2D eigenvalue weighted by Crippen LogP contribution is 2.46. The Morgan fingerprint density at radius 1 is 0.854 bits per heavy atom. The minimum Gasteiger partial charge on any atom is -0.493 e. The predicted octanol–water partition coefficient (Wildman–Crippen LogP) is 8.31. The molecule has 0 spiro atoms. The van der Waals surface area contributed by atoms with E-state index in [1.165, 1.54) is 0 Å². The summed E-state index contributed by atoms with van der Waals surface area (Å²) in [6, 6.07) is 20.1. The van der Waals surface area contributed by atoms with Gasteiger partial charge < -0.3 is 14.4 Å². The zero-order chi connectivity index (χ0) is 34.6. The molecule has 2 heterocycles. The van der Waals surface area contributed by atoms with E-state index in [0.29, 0.717) is 67.4 Å². The second-order valence-corrected chi connectivity index (χ2v) is 14.1. The molecule has 10 heteroatoms. The van der Waals surface area contributed by atoms with Gasteiger partial charge in [0.05, 0.1) is 24.8 Å². The molecule has 48 heavy (non-hydrogen) atoms. The lowest BCUT2D eigenvalue weighted by Gasteiger charge is -2.40. The second-order valence-electron chi connectivity index (χ2n) is 13.2. The van der Waals surface area contributed by atoms with Crippen molar-refractivity contribution in [3.05, 3.63) is 99.0 Å². The van der Waals surface area contributed by atoms with Crippen LogP contribution in [0.25, 0.3) is 0 Å². The Bertz CT molecular complexity index is 1610.